The second-order valence-electron chi connectivity index (χ2n) is 10.1. The number of carbonyl (C=O) groups is 2. The van der Waals surface area contributed by atoms with E-state index in [9.17, 15) is 9.59 Å². The topological polar surface area (TPSA) is 71.1 Å². The van der Waals surface area contributed by atoms with E-state index in [1.54, 1.807) is 13.8 Å². The minimum Gasteiger partial charge on any atom is -0.489 e. The average Bonchev–Trinajstić information content (AvgIpc) is 2.81. The average molecular weight is 796 g/mol. The van der Waals surface area contributed by atoms with E-state index in [0.717, 1.165) is 11.1 Å². The number of esters is 2. The molecule has 6 nitrogen and oxygen atoms in total. The van der Waals surface area contributed by atoms with Crippen molar-refractivity contribution in [1.29, 1.82) is 0 Å². The number of hydrogen-bond acceptors (Lipinski definition) is 6. The molecule has 10 heteroatoms. The Kier molecular flexibility index (Phi) is 11.5. The third-order valence-electron chi connectivity index (χ3n) is 5.40. The highest BCUT2D eigenvalue weighted by atomic mass is 79.9. The zero-order valence-electron chi connectivity index (χ0n) is 23.2. The van der Waals surface area contributed by atoms with E-state index in [-0.39, 0.29) is 34.9 Å². The van der Waals surface area contributed by atoms with Crippen LogP contribution in [0.25, 0.3) is 0 Å². The van der Waals surface area contributed by atoms with Crippen LogP contribution in [0.1, 0.15) is 66.5 Å². The molecule has 0 saturated heterocycles. The molecule has 0 aliphatic rings. The summed E-state index contributed by atoms with van der Waals surface area (Å²) in [6, 6.07) is 3.72. The first-order valence-electron chi connectivity index (χ1n) is 12.0. The number of halogens is 4. The molecular formula is C29H32Br4O6. The highest BCUT2D eigenvalue weighted by molar-refractivity contribution is 9.11. The normalized spacial score (nSPS) is 11.4. The predicted octanol–water partition coefficient (Wildman–Crippen LogP) is 9.60. The number of hydrogen-bond donors (Lipinski definition) is 0. The van der Waals surface area contributed by atoms with Crippen LogP contribution in [0.4, 0.5) is 0 Å². The fourth-order valence-electron chi connectivity index (χ4n) is 3.49. The molecule has 2 rings (SSSR count). The summed E-state index contributed by atoms with van der Waals surface area (Å²) in [5, 5.41) is 0. The number of benzene rings is 2. The van der Waals surface area contributed by atoms with E-state index in [0.29, 0.717) is 29.4 Å². The molecule has 2 aromatic carbocycles. The number of carbonyl (C=O) groups excluding carboxylic acids is 2. The van der Waals surface area contributed by atoms with E-state index in [1.807, 2.05) is 53.7 Å². The maximum Gasteiger partial charge on any atom is 0.338 e. The summed E-state index contributed by atoms with van der Waals surface area (Å²) in [6.45, 7) is 22.2. The zero-order valence-corrected chi connectivity index (χ0v) is 29.5. The van der Waals surface area contributed by atoms with Crippen molar-refractivity contribution in [3.8, 4) is 23.0 Å². The fourth-order valence-corrected chi connectivity index (χ4v) is 6.24. The molecule has 0 aliphatic carbocycles. The van der Waals surface area contributed by atoms with Crippen molar-refractivity contribution in [3.05, 3.63) is 65.5 Å². The second kappa shape index (κ2) is 13.4. The van der Waals surface area contributed by atoms with Crippen molar-refractivity contribution in [1.82, 2.24) is 0 Å². The summed E-state index contributed by atoms with van der Waals surface area (Å²) in [6.07, 6.45) is -0.369. The monoisotopic (exact) mass is 792 g/mol. The molecule has 212 valence electrons. The highest BCUT2D eigenvalue weighted by Crippen LogP contribution is 2.53. The van der Waals surface area contributed by atoms with Crippen LogP contribution in [0.2, 0.25) is 0 Å². The van der Waals surface area contributed by atoms with Crippen molar-refractivity contribution in [2.75, 3.05) is 0 Å². The molecule has 0 spiro atoms. The Bertz CT molecular complexity index is 1230. The lowest BCUT2D eigenvalue weighted by atomic mass is 9.77. The molecule has 0 saturated carbocycles. The van der Waals surface area contributed by atoms with Crippen molar-refractivity contribution in [3.63, 3.8) is 0 Å². The zero-order chi connectivity index (χ0) is 30.0. The van der Waals surface area contributed by atoms with Gasteiger partial charge in [0.1, 0.15) is 20.4 Å². The highest BCUT2D eigenvalue weighted by Gasteiger charge is 2.36. The molecular weight excluding hydrogens is 764 g/mol. The van der Waals surface area contributed by atoms with Gasteiger partial charge in [0, 0.05) is 27.7 Å². The lowest BCUT2D eigenvalue weighted by molar-refractivity contribution is -0.131. The van der Waals surface area contributed by atoms with Gasteiger partial charge in [0.15, 0.2) is 11.5 Å². The minimum atomic E-state index is -0.738. The molecule has 0 bridgehead atoms. The van der Waals surface area contributed by atoms with E-state index in [4.69, 9.17) is 18.9 Å². The Morgan fingerprint density at radius 1 is 0.692 bits per heavy atom. The maximum atomic E-state index is 12.4. The minimum absolute atomic E-state index is 0.185. The molecule has 0 radical (unpaired) electrons. The number of rotatable bonds is 10. The van der Waals surface area contributed by atoms with Gasteiger partial charge in [0.2, 0.25) is 0 Å². The Morgan fingerprint density at radius 3 is 1.26 bits per heavy atom. The summed E-state index contributed by atoms with van der Waals surface area (Å²) < 4.78 is 25.8. The van der Waals surface area contributed by atoms with Gasteiger partial charge in [0.25, 0.3) is 0 Å². The van der Waals surface area contributed by atoms with Gasteiger partial charge in [-0.2, -0.15) is 0 Å². The smallest absolute Gasteiger partial charge is 0.338 e. The fraction of sp³-hybridized carbons (Fsp3) is 0.379. The Labute approximate surface area is 264 Å². The first-order valence-corrected chi connectivity index (χ1v) is 15.2. The van der Waals surface area contributed by atoms with Gasteiger partial charge in [-0.05, 0) is 117 Å². The van der Waals surface area contributed by atoms with Crippen LogP contribution < -0.4 is 18.9 Å². The second-order valence-corrected chi connectivity index (χ2v) is 13.3. The lowest BCUT2D eigenvalue weighted by Crippen LogP contribution is -2.24. The standard InChI is InChI=1S/C29H32Br4O6/c1-13(2)27(34)38-25-19(30)11-17(23(21(25)32)36-15(5)6)29(9,10)18-12-20(31)26(39-28(35)14(3)4)22(33)24(18)37-16(7)8/h11-12,15-16H,1,3H2,2,4-10H3. The first kappa shape index (κ1) is 33.6. The van der Waals surface area contributed by atoms with Gasteiger partial charge in [-0.15, -0.1) is 0 Å². The molecule has 0 aromatic heterocycles. The molecule has 2 aromatic rings. The first-order chi connectivity index (χ1) is 17.9. The van der Waals surface area contributed by atoms with Crippen LogP contribution in [0, 0.1) is 0 Å². The van der Waals surface area contributed by atoms with Crippen molar-refractivity contribution >= 4 is 75.7 Å². The van der Waals surface area contributed by atoms with Crippen molar-refractivity contribution < 1.29 is 28.5 Å². The van der Waals surface area contributed by atoms with Crippen molar-refractivity contribution in [2.45, 2.75) is 73.0 Å². The maximum absolute atomic E-state index is 12.4. The Balaban J connectivity index is 2.89. The molecule has 39 heavy (non-hydrogen) atoms. The van der Waals surface area contributed by atoms with E-state index < -0.39 is 17.4 Å². The summed E-state index contributed by atoms with van der Waals surface area (Å²) in [4.78, 5) is 24.7. The van der Waals surface area contributed by atoms with Crippen LogP contribution in [-0.4, -0.2) is 24.1 Å². The van der Waals surface area contributed by atoms with E-state index in [1.165, 1.54) is 0 Å². The lowest BCUT2D eigenvalue weighted by Gasteiger charge is -2.33. The predicted molar refractivity (Wildman–Crippen MR) is 168 cm³/mol. The molecule has 0 atom stereocenters. The molecule has 0 aliphatic heterocycles. The molecule has 0 N–H and O–H groups in total. The molecule has 0 fully saturated rings. The largest absolute Gasteiger partial charge is 0.489 e. The third-order valence-corrected chi connectivity index (χ3v) is 8.02. The van der Waals surface area contributed by atoms with Gasteiger partial charge in [0.05, 0.1) is 21.2 Å². The van der Waals surface area contributed by atoms with Crippen LogP contribution >= 0.6 is 63.7 Å². The van der Waals surface area contributed by atoms with Gasteiger partial charge in [-0.1, -0.05) is 27.0 Å². The SMILES string of the molecule is C=C(C)C(=O)Oc1c(Br)cc(C(C)(C)c2cc(Br)c(OC(=O)C(=C)C)c(Br)c2OC(C)C)c(OC(C)C)c1Br. The third kappa shape index (κ3) is 7.77. The summed E-state index contributed by atoms with van der Waals surface area (Å²) in [5.41, 5.74) is 1.36. The molecule has 0 amide bonds. The Morgan fingerprint density at radius 2 is 1.00 bits per heavy atom. The van der Waals surface area contributed by atoms with E-state index in [2.05, 4.69) is 76.9 Å². The van der Waals surface area contributed by atoms with Crippen molar-refractivity contribution in [2.24, 2.45) is 0 Å². The van der Waals surface area contributed by atoms with Gasteiger partial charge in [-0.3, -0.25) is 0 Å². The Hall–Kier alpha value is -1.62. The van der Waals surface area contributed by atoms with Gasteiger partial charge < -0.3 is 18.9 Å². The summed E-state index contributed by atoms with van der Waals surface area (Å²) in [5.74, 6) is 0.451. The van der Waals surface area contributed by atoms with Gasteiger partial charge in [-0.25, -0.2) is 9.59 Å². The molecule has 0 heterocycles. The van der Waals surface area contributed by atoms with Gasteiger partial charge >= 0.3 is 11.9 Å². The summed E-state index contributed by atoms with van der Waals surface area (Å²) >= 11 is 14.4. The molecule has 0 unspecified atom stereocenters. The number of ether oxygens (including phenoxy) is 4. The van der Waals surface area contributed by atoms with Crippen LogP contribution in [0.5, 0.6) is 23.0 Å². The van der Waals surface area contributed by atoms with Crippen LogP contribution in [0.3, 0.4) is 0 Å². The summed E-state index contributed by atoms with van der Waals surface area (Å²) in [7, 11) is 0. The van der Waals surface area contributed by atoms with E-state index >= 15 is 0 Å². The van der Waals surface area contributed by atoms with Crippen LogP contribution in [-0.2, 0) is 15.0 Å². The quantitative estimate of drug-likeness (QED) is 0.136. The van der Waals surface area contributed by atoms with Crippen LogP contribution in [0.15, 0.2) is 54.3 Å².